The highest BCUT2D eigenvalue weighted by Gasteiger charge is 2.26. The van der Waals surface area contributed by atoms with Gasteiger partial charge < -0.3 is 9.47 Å². The standard InChI is InChI=1S/C18H14ClIN2O3S2/c1-24-15-7-12(8-21-22-16(23)10-27-18(22)26)6-14(20)17(15)25-9-11-2-4-13(19)5-3-11/h2-8H,9-10H2,1H3/b21-8-. The number of methoxy groups -OCH3 is 1. The molecule has 1 fully saturated rings. The summed E-state index contributed by atoms with van der Waals surface area (Å²) in [6.07, 6.45) is 1.59. The molecular formula is C18H14ClIN2O3S2. The molecule has 1 saturated heterocycles. The Bertz CT molecular complexity index is 890. The molecule has 1 heterocycles. The topological polar surface area (TPSA) is 51.1 Å². The molecule has 1 amide bonds. The van der Waals surface area contributed by atoms with E-state index in [0.29, 0.717) is 33.2 Å². The highest BCUT2D eigenvalue weighted by atomic mass is 127. The van der Waals surface area contributed by atoms with Crippen molar-refractivity contribution in [2.75, 3.05) is 12.9 Å². The molecule has 140 valence electrons. The van der Waals surface area contributed by atoms with E-state index in [-0.39, 0.29) is 5.91 Å². The highest BCUT2D eigenvalue weighted by molar-refractivity contribution is 14.1. The molecule has 0 aliphatic carbocycles. The maximum absolute atomic E-state index is 11.7. The van der Waals surface area contributed by atoms with E-state index in [1.165, 1.54) is 16.8 Å². The smallest absolute Gasteiger partial charge is 0.259 e. The third kappa shape index (κ3) is 5.13. The molecule has 2 aromatic rings. The van der Waals surface area contributed by atoms with Gasteiger partial charge in [-0.15, -0.1) is 0 Å². The molecule has 0 N–H and O–H groups in total. The summed E-state index contributed by atoms with van der Waals surface area (Å²) in [5.74, 6) is 1.44. The van der Waals surface area contributed by atoms with E-state index in [9.17, 15) is 4.79 Å². The summed E-state index contributed by atoms with van der Waals surface area (Å²) in [5.41, 5.74) is 1.78. The fourth-order valence-corrected chi connectivity index (χ4v) is 4.15. The Hall–Kier alpha value is -1.36. The van der Waals surface area contributed by atoms with Gasteiger partial charge in [0.25, 0.3) is 5.91 Å². The number of carbonyl (C=O) groups is 1. The van der Waals surface area contributed by atoms with Gasteiger partial charge in [0.15, 0.2) is 15.8 Å². The number of amides is 1. The molecule has 0 unspecified atom stereocenters. The first kappa shape index (κ1) is 20.4. The quantitative estimate of drug-likeness (QED) is 0.306. The van der Waals surface area contributed by atoms with Gasteiger partial charge in [-0.25, -0.2) is 0 Å². The first-order valence-electron chi connectivity index (χ1n) is 7.76. The molecule has 2 aromatic carbocycles. The number of hydrogen-bond acceptors (Lipinski definition) is 6. The molecule has 0 saturated carbocycles. The lowest BCUT2D eigenvalue weighted by atomic mass is 10.2. The molecule has 0 atom stereocenters. The zero-order valence-corrected chi connectivity index (χ0v) is 18.7. The number of nitrogens with zero attached hydrogens (tertiary/aromatic N) is 2. The minimum absolute atomic E-state index is 0.120. The average molecular weight is 533 g/mol. The maximum atomic E-state index is 11.7. The van der Waals surface area contributed by atoms with Crippen molar-refractivity contribution < 1.29 is 14.3 Å². The number of ether oxygens (including phenoxy) is 2. The Labute approximate surface area is 185 Å². The molecule has 1 aliphatic rings. The van der Waals surface area contributed by atoms with Crippen LogP contribution >= 0.6 is 58.2 Å². The van der Waals surface area contributed by atoms with Crippen LogP contribution in [0.25, 0.3) is 0 Å². The van der Waals surface area contributed by atoms with Crippen LogP contribution < -0.4 is 9.47 Å². The van der Waals surface area contributed by atoms with Gasteiger partial charge in [-0.2, -0.15) is 10.1 Å². The second kappa shape index (κ2) is 9.22. The van der Waals surface area contributed by atoms with Crippen molar-refractivity contribution >= 4 is 74.6 Å². The van der Waals surface area contributed by atoms with Crippen LogP contribution in [0, 0.1) is 3.57 Å². The Morgan fingerprint density at radius 2 is 2.11 bits per heavy atom. The fourth-order valence-electron chi connectivity index (χ4n) is 2.27. The van der Waals surface area contributed by atoms with Crippen molar-refractivity contribution in [3.8, 4) is 11.5 Å². The SMILES string of the molecule is COc1cc(/C=N\N2C(=O)CSC2=S)cc(I)c1OCc1ccc(Cl)cc1. The van der Waals surface area contributed by atoms with Crippen LogP contribution in [0.2, 0.25) is 5.02 Å². The maximum Gasteiger partial charge on any atom is 0.259 e. The Morgan fingerprint density at radius 3 is 2.74 bits per heavy atom. The van der Waals surface area contributed by atoms with Crippen LogP contribution in [0.4, 0.5) is 0 Å². The molecule has 5 nitrogen and oxygen atoms in total. The van der Waals surface area contributed by atoms with E-state index >= 15 is 0 Å². The second-order valence-corrected chi connectivity index (χ2v) is 8.66. The average Bonchev–Trinajstić information content (AvgIpc) is 2.98. The minimum Gasteiger partial charge on any atom is -0.493 e. The van der Waals surface area contributed by atoms with Crippen molar-refractivity contribution in [2.45, 2.75) is 6.61 Å². The molecule has 9 heteroatoms. The predicted molar refractivity (Wildman–Crippen MR) is 121 cm³/mol. The van der Waals surface area contributed by atoms with Gasteiger partial charge in [-0.1, -0.05) is 47.7 Å². The fraction of sp³-hybridized carbons (Fsp3) is 0.167. The minimum atomic E-state index is -0.120. The lowest BCUT2D eigenvalue weighted by molar-refractivity contribution is -0.123. The summed E-state index contributed by atoms with van der Waals surface area (Å²) in [4.78, 5) is 11.7. The van der Waals surface area contributed by atoms with E-state index in [1.807, 2.05) is 30.3 Å². The number of hydrazone groups is 1. The number of thioether (sulfide) groups is 1. The zero-order chi connectivity index (χ0) is 19.4. The van der Waals surface area contributed by atoms with Crippen molar-refractivity contribution in [1.82, 2.24) is 5.01 Å². The van der Waals surface area contributed by atoms with Crippen LogP contribution in [-0.4, -0.2) is 34.3 Å². The van der Waals surface area contributed by atoms with Crippen LogP contribution in [0.5, 0.6) is 11.5 Å². The van der Waals surface area contributed by atoms with E-state index in [4.69, 9.17) is 33.3 Å². The molecule has 3 rings (SSSR count). The van der Waals surface area contributed by atoms with Crippen LogP contribution in [-0.2, 0) is 11.4 Å². The largest absolute Gasteiger partial charge is 0.493 e. The summed E-state index contributed by atoms with van der Waals surface area (Å²) in [6.45, 7) is 0.394. The number of rotatable bonds is 6. The highest BCUT2D eigenvalue weighted by Crippen LogP contribution is 2.34. The predicted octanol–water partition coefficient (Wildman–Crippen LogP) is 4.73. The molecule has 0 spiro atoms. The van der Waals surface area contributed by atoms with E-state index in [2.05, 4.69) is 27.7 Å². The van der Waals surface area contributed by atoms with Gasteiger partial charge in [-0.3, -0.25) is 4.79 Å². The lowest BCUT2D eigenvalue weighted by Gasteiger charge is -2.14. The Kier molecular flexibility index (Phi) is 6.96. The first-order chi connectivity index (χ1) is 13.0. The number of halogens is 2. The number of benzene rings is 2. The third-order valence-electron chi connectivity index (χ3n) is 3.60. The third-order valence-corrected chi connectivity index (χ3v) is 5.99. The first-order valence-corrected chi connectivity index (χ1v) is 10.6. The van der Waals surface area contributed by atoms with E-state index < -0.39 is 0 Å². The van der Waals surface area contributed by atoms with Crippen LogP contribution in [0.1, 0.15) is 11.1 Å². The zero-order valence-electron chi connectivity index (χ0n) is 14.1. The van der Waals surface area contributed by atoms with E-state index in [0.717, 1.165) is 14.7 Å². The number of thiocarbonyl (C=S) groups is 1. The summed E-state index contributed by atoms with van der Waals surface area (Å²) >= 11 is 14.5. The number of carbonyl (C=O) groups excluding carboxylic acids is 1. The summed E-state index contributed by atoms with van der Waals surface area (Å²) in [7, 11) is 1.58. The Balaban J connectivity index is 1.77. The van der Waals surface area contributed by atoms with Crippen LogP contribution in [0.3, 0.4) is 0 Å². The summed E-state index contributed by atoms with van der Waals surface area (Å²) in [5, 5.41) is 6.11. The monoisotopic (exact) mass is 532 g/mol. The molecule has 0 radical (unpaired) electrons. The van der Waals surface area contributed by atoms with Crippen molar-refractivity contribution in [3.63, 3.8) is 0 Å². The van der Waals surface area contributed by atoms with Gasteiger partial charge in [0.2, 0.25) is 0 Å². The van der Waals surface area contributed by atoms with Crippen molar-refractivity contribution in [2.24, 2.45) is 5.10 Å². The summed E-state index contributed by atoms with van der Waals surface area (Å²) in [6, 6.07) is 11.2. The Morgan fingerprint density at radius 1 is 1.37 bits per heavy atom. The van der Waals surface area contributed by atoms with Gasteiger partial charge in [0, 0.05) is 5.02 Å². The normalized spacial score (nSPS) is 14.3. The molecular weight excluding hydrogens is 519 g/mol. The molecule has 0 bridgehead atoms. The number of hydrogen-bond donors (Lipinski definition) is 0. The van der Waals surface area contributed by atoms with Crippen molar-refractivity contribution in [3.05, 3.63) is 56.1 Å². The van der Waals surface area contributed by atoms with E-state index in [1.54, 1.807) is 19.4 Å². The summed E-state index contributed by atoms with van der Waals surface area (Å²) < 4.78 is 12.7. The van der Waals surface area contributed by atoms with Gasteiger partial charge in [-0.05, 0) is 58.0 Å². The van der Waals surface area contributed by atoms with Gasteiger partial charge in [0.05, 0.1) is 22.6 Å². The van der Waals surface area contributed by atoms with Crippen molar-refractivity contribution in [1.29, 1.82) is 0 Å². The molecule has 0 aromatic heterocycles. The van der Waals surface area contributed by atoms with Crippen LogP contribution in [0.15, 0.2) is 41.5 Å². The molecule has 1 aliphatic heterocycles. The lowest BCUT2D eigenvalue weighted by Crippen LogP contribution is -2.22. The van der Waals surface area contributed by atoms with Gasteiger partial charge >= 0.3 is 0 Å². The van der Waals surface area contributed by atoms with Gasteiger partial charge in [0.1, 0.15) is 6.61 Å². The molecule has 27 heavy (non-hydrogen) atoms. The second-order valence-electron chi connectivity index (χ2n) is 5.45.